The predicted octanol–water partition coefficient (Wildman–Crippen LogP) is 4.71. The Kier molecular flexibility index (Phi) is 5.11. The summed E-state index contributed by atoms with van der Waals surface area (Å²) >= 11 is 0. The second-order valence-electron chi connectivity index (χ2n) is 7.73. The van der Waals surface area contributed by atoms with Gasteiger partial charge in [0.05, 0.1) is 11.3 Å². The van der Waals surface area contributed by atoms with Gasteiger partial charge in [0.1, 0.15) is 17.1 Å². The Balaban J connectivity index is 1.42. The van der Waals surface area contributed by atoms with Crippen molar-refractivity contribution in [1.29, 1.82) is 0 Å². The summed E-state index contributed by atoms with van der Waals surface area (Å²) in [5, 5.41) is 0. The quantitative estimate of drug-likeness (QED) is 0.433. The molecule has 7 nitrogen and oxygen atoms in total. The highest BCUT2D eigenvalue weighted by atomic mass is 19.4. The van der Waals surface area contributed by atoms with Crippen LogP contribution < -0.4 is 10.5 Å². The number of oxazole rings is 1. The molecule has 3 heterocycles. The van der Waals surface area contributed by atoms with Crippen molar-refractivity contribution < 1.29 is 31.5 Å². The molecular weight excluding hydrogens is 456 g/mol. The van der Waals surface area contributed by atoms with Crippen LogP contribution in [0.25, 0.3) is 22.2 Å². The Morgan fingerprint density at radius 1 is 1.12 bits per heavy atom. The number of aromatic nitrogens is 2. The van der Waals surface area contributed by atoms with Crippen LogP contribution in [0.3, 0.4) is 0 Å². The van der Waals surface area contributed by atoms with Gasteiger partial charge >= 0.3 is 6.36 Å². The van der Waals surface area contributed by atoms with Gasteiger partial charge in [0, 0.05) is 36.8 Å². The predicted molar refractivity (Wildman–Crippen MR) is 113 cm³/mol. The van der Waals surface area contributed by atoms with Gasteiger partial charge in [-0.1, -0.05) is 6.07 Å². The second kappa shape index (κ2) is 8.01. The lowest BCUT2D eigenvalue weighted by Crippen LogP contribution is -2.37. The topological polar surface area (TPSA) is 94.5 Å². The van der Waals surface area contributed by atoms with Gasteiger partial charge in [0.15, 0.2) is 5.58 Å². The number of nitrogen functional groups attached to an aromatic ring is 1. The third-order valence-electron chi connectivity index (χ3n) is 5.46. The number of amides is 1. The zero-order valence-electron chi connectivity index (χ0n) is 17.4. The maximum Gasteiger partial charge on any atom is 0.573 e. The van der Waals surface area contributed by atoms with E-state index in [2.05, 4.69) is 14.7 Å². The molecule has 0 radical (unpaired) electrons. The average molecular weight is 472 g/mol. The van der Waals surface area contributed by atoms with E-state index in [1.54, 1.807) is 30.5 Å². The number of fused-ring (bicyclic) bond motifs is 2. The Morgan fingerprint density at radius 2 is 1.94 bits per heavy atom. The van der Waals surface area contributed by atoms with Crippen molar-refractivity contribution >= 4 is 23.0 Å². The number of alkyl halides is 3. The lowest BCUT2D eigenvalue weighted by atomic mass is 9.99. The minimum atomic E-state index is -4.91. The van der Waals surface area contributed by atoms with Crippen LogP contribution in [0.4, 0.5) is 23.6 Å². The fraction of sp³-hybridized carbons (Fsp3) is 0.174. The van der Waals surface area contributed by atoms with Gasteiger partial charge in [-0.3, -0.25) is 9.78 Å². The number of benzene rings is 2. The van der Waals surface area contributed by atoms with Crippen LogP contribution in [0.2, 0.25) is 0 Å². The lowest BCUT2D eigenvalue weighted by Gasteiger charge is -2.28. The molecule has 174 valence electrons. The molecule has 4 aromatic rings. The first-order chi connectivity index (χ1) is 16.2. The molecule has 0 atom stereocenters. The van der Waals surface area contributed by atoms with Gasteiger partial charge in [-0.2, -0.15) is 4.98 Å². The number of hydrogen-bond donors (Lipinski definition) is 1. The second-order valence-corrected chi connectivity index (χ2v) is 7.73. The van der Waals surface area contributed by atoms with Gasteiger partial charge in [-0.25, -0.2) is 4.39 Å². The lowest BCUT2D eigenvalue weighted by molar-refractivity contribution is -0.274. The Labute approximate surface area is 189 Å². The summed E-state index contributed by atoms with van der Waals surface area (Å²) < 4.78 is 61.1. The highest BCUT2D eigenvalue weighted by molar-refractivity contribution is 5.97. The van der Waals surface area contributed by atoms with Crippen LogP contribution in [0.1, 0.15) is 21.6 Å². The fourth-order valence-corrected chi connectivity index (χ4v) is 3.90. The number of pyridine rings is 1. The smallest absolute Gasteiger partial charge is 0.424 e. The summed E-state index contributed by atoms with van der Waals surface area (Å²) in [6.45, 7) is 0.0258. The summed E-state index contributed by atoms with van der Waals surface area (Å²) in [7, 11) is 0. The van der Waals surface area contributed by atoms with Crippen LogP contribution in [-0.2, 0) is 13.0 Å². The molecule has 34 heavy (non-hydrogen) atoms. The Morgan fingerprint density at radius 3 is 2.74 bits per heavy atom. The molecule has 0 saturated heterocycles. The van der Waals surface area contributed by atoms with Gasteiger partial charge in [0.25, 0.3) is 11.9 Å². The molecule has 1 amide bonds. The molecule has 11 heteroatoms. The molecule has 1 aliphatic rings. The number of anilines is 1. The normalized spacial score (nSPS) is 13.9. The van der Waals surface area contributed by atoms with Crippen molar-refractivity contribution in [3.05, 3.63) is 71.3 Å². The average Bonchev–Trinajstić information content (AvgIpc) is 3.16. The zero-order chi connectivity index (χ0) is 24.0. The summed E-state index contributed by atoms with van der Waals surface area (Å²) in [4.78, 5) is 23.0. The summed E-state index contributed by atoms with van der Waals surface area (Å²) in [5.74, 6) is -1.69. The van der Waals surface area contributed by atoms with E-state index in [4.69, 9.17) is 10.2 Å². The van der Waals surface area contributed by atoms with E-state index >= 15 is 0 Å². The van der Waals surface area contributed by atoms with E-state index < -0.39 is 23.8 Å². The first-order valence-electron chi connectivity index (χ1n) is 10.1. The van der Waals surface area contributed by atoms with Crippen molar-refractivity contribution in [1.82, 2.24) is 14.9 Å². The third kappa shape index (κ3) is 4.24. The molecule has 0 spiro atoms. The van der Waals surface area contributed by atoms with Gasteiger partial charge < -0.3 is 19.8 Å². The van der Waals surface area contributed by atoms with Crippen molar-refractivity contribution in [2.75, 3.05) is 12.3 Å². The first-order valence-corrected chi connectivity index (χ1v) is 10.1. The number of carbonyl (C=O) groups excluding carboxylic acids is 1. The van der Waals surface area contributed by atoms with Crippen LogP contribution in [-0.4, -0.2) is 33.7 Å². The van der Waals surface area contributed by atoms with E-state index in [9.17, 15) is 22.4 Å². The van der Waals surface area contributed by atoms with E-state index in [1.807, 2.05) is 0 Å². The van der Waals surface area contributed by atoms with Crippen LogP contribution in [0.5, 0.6) is 5.75 Å². The minimum absolute atomic E-state index is 0.0403. The third-order valence-corrected chi connectivity index (χ3v) is 5.46. The Bertz CT molecular complexity index is 1420. The number of ether oxygens (including phenoxy) is 1. The Hall–Kier alpha value is -4.15. The SMILES string of the molecule is Nc1nc2ccc(-c3cnc4c(c3)C(=O)N(Cc3cc(OC(F)(F)F)ccc3F)CC4)cc2o1. The fourth-order valence-electron chi connectivity index (χ4n) is 3.90. The maximum atomic E-state index is 14.3. The molecule has 0 fully saturated rings. The van der Waals surface area contributed by atoms with Crippen LogP contribution in [0, 0.1) is 5.82 Å². The molecular formula is C23H16F4N4O3. The van der Waals surface area contributed by atoms with E-state index in [-0.39, 0.29) is 24.7 Å². The molecule has 0 saturated carbocycles. The molecule has 1 aliphatic heterocycles. The summed E-state index contributed by atoms with van der Waals surface area (Å²) in [6.07, 6.45) is -2.85. The molecule has 0 unspecified atom stereocenters. The van der Waals surface area contributed by atoms with Crippen molar-refractivity contribution in [3.8, 4) is 16.9 Å². The molecule has 2 N–H and O–H groups in total. The monoisotopic (exact) mass is 472 g/mol. The summed E-state index contributed by atoms with van der Waals surface area (Å²) in [6, 6.07) is 9.68. The summed E-state index contributed by atoms with van der Waals surface area (Å²) in [5.41, 5.74) is 8.88. The van der Waals surface area contributed by atoms with E-state index in [1.165, 1.54) is 4.90 Å². The minimum Gasteiger partial charge on any atom is -0.424 e. The number of hydrogen-bond acceptors (Lipinski definition) is 6. The van der Waals surface area contributed by atoms with Crippen LogP contribution >= 0.6 is 0 Å². The number of nitrogens with two attached hydrogens (primary N) is 1. The highest BCUT2D eigenvalue weighted by Gasteiger charge is 2.32. The first kappa shape index (κ1) is 21.7. The van der Waals surface area contributed by atoms with Crippen molar-refractivity contribution in [3.63, 3.8) is 0 Å². The zero-order valence-corrected chi connectivity index (χ0v) is 17.4. The van der Waals surface area contributed by atoms with Crippen LogP contribution in [0.15, 0.2) is 53.1 Å². The number of carbonyl (C=O) groups is 1. The number of halogens is 4. The largest absolute Gasteiger partial charge is 0.573 e. The van der Waals surface area contributed by atoms with Crippen molar-refractivity contribution in [2.45, 2.75) is 19.3 Å². The van der Waals surface area contributed by atoms with Gasteiger partial charge in [-0.05, 0) is 42.0 Å². The standard InChI is InChI=1S/C23H16F4N4O3/c24-17-3-2-15(34-23(25,26)27)7-14(17)11-31-6-5-18-16(21(31)32)8-13(10-29-18)12-1-4-19-20(9-12)33-22(28)30-19/h1-4,7-10H,5-6,11H2,(H2,28,30). The maximum absolute atomic E-state index is 14.3. The molecule has 0 aliphatic carbocycles. The van der Waals surface area contributed by atoms with E-state index in [0.717, 1.165) is 23.8 Å². The van der Waals surface area contributed by atoms with Crippen molar-refractivity contribution in [2.24, 2.45) is 0 Å². The molecule has 2 aromatic heterocycles. The number of nitrogens with zero attached hydrogens (tertiary/aromatic N) is 3. The highest BCUT2D eigenvalue weighted by Crippen LogP contribution is 2.30. The van der Waals surface area contributed by atoms with E-state index in [0.29, 0.717) is 34.3 Å². The number of rotatable bonds is 4. The van der Waals surface area contributed by atoms with Gasteiger partial charge in [-0.15, -0.1) is 13.2 Å². The molecule has 2 aromatic carbocycles. The van der Waals surface area contributed by atoms with Gasteiger partial charge in [0.2, 0.25) is 0 Å². The molecule has 5 rings (SSSR count). The molecule has 0 bridgehead atoms.